The number of fused-ring (bicyclic) bond motifs is 1. The molecule has 0 spiro atoms. The number of rotatable bonds is 3. The van der Waals surface area contributed by atoms with E-state index in [9.17, 15) is 5.11 Å². The van der Waals surface area contributed by atoms with Gasteiger partial charge >= 0.3 is 0 Å². The van der Waals surface area contributed by atoms with Crippen molar-refractivity contribution in [1.29, 1.82) is 0 Å². The van der Waals surface area contributed by atoms with Gasteiger partial charge in [0.2, 0.25) is 5.76 Å². The fourth-order valence-corrected chi connectivity index (χ4v) is 1.20. The number of aliphatic hydroxyl groups excluding tert-OH is 1. The zero-order chi connectivity index (χ0) is 9.26. The summed E-state index contributed by atoms with van der Waals surface area (Å²) in [5, 5.41) is 16.1. The molecular formula is C8H10N2O3. The molecule has 13 heavy (non-hydrogen) atoms. The lowest BCUT2D eigenvalue weighted by atomic mass is 10.2. The Morgan fingerprint density at radius 2 is 2.54 bits per heavy atom. The molecule has 2 rings (SSSR count). The molecule has 0 aliphatic heterocycles. The highest BCUT2D eigenvalue weighted by Crippen LogP contribution is 2.24. The molecule has 0 aromatic carbocycles. The molecule has 0 aliphatic carbocycles. The summed E-state index contributed by atoms with van der Waals surface area (Å²) in [5.74, 6) is 0.370. The summed E-state index contributed by atoms with van der Waals surface area (Å²) in [6, 6.07) is 1.69. The summed E-state index contributed by atoms with van der Waals surface area (Å²) < 4.78 is 10.0. The van der Waals surface area contributed by atoms with Gasteiger partial charge in [0, 0.05) is 12.6 Å². The van der Waals surface area contributed by atoms with Crippen LogP contribution in [-0.4, -0.2) is 23.9 Å². The van der Waals surface area contributed by atoms with Crippen molar-refractivity contribution >= 4 is 11.1 Å². The van der Waals surface area contributed by atoms with Gasteiger partial charge in [-0.25, -0.2) is 0 Å². The Kier molecular flexibility index (Phi) is 2.03. The van der Waals surface area contributed by atoms with E-state index in [0.717, 1.165) is 0 Å². The first-order chi connectivity index (χ1) is 6.33. The fraction of sp³-hybridized carbons (Fsp3) is 0.375. The van der Waals surface area contributed by atoms with Crippen LogP contribution in [0.15, 0.2) is 21.3 Å². The van der Waals surface area contributed by atoms with Crippen LogP contribution in [0.2, 0.25) is 0 Å². The quantitative estimate of drug-likeness (QED) is 0.730. The van der Waals surface area contributed by atoms with Gasteiger partial charge in [0.1, 0.15) is 6.10 Å². The summed E-state index contributed by atoms with van der Waals surface area (Å²) in [6.45, 7) is 0.408. The highest BCUT2D eigenvalue weighted by Gasteiger charge is 2.18. The zero-order valence-corrected chi connectivity index (χ0v) is 7.15. The normalized spacial score (nSPS) is 13.7. The van der Waals surface area contributed by atoms with Crippen LogP contribution < -0.4 is 5.32 Å². The van der Waals surface area contributed by atoms with Crippen molar-refractivity contribution in [2.24, 2.45) is 0 Å². The molecule has 2 aromatic rings. The summed E-state index contributed by atoms with van der Waals surface area (Å²) in [7, 11) is 1.75. The predicted molar refractivity (Wildman–Crippen MR) is 45.2 cm³/mol. The van der Waals surface area contributed by atoms with Crippen LogP contribution in [0.3, 0.4) is 0 Å². The summed E-state index contributed by atoms with van der Waals surface area (Å²) in [5.41, 5.74) is 1.15. The third-order valence-corrected chi connectivity index (χ3v) is 1.81. The Labute approximate surface area is 74.3 Å². The molecule has 2 N–H and O–H groups in total. The molecule has 0 aliphatic rings. The Morgan fingerprint density at radius 1 is 1.69 bits per heavy atom. The molecule has 0 radical (unpaired) electrons. The van der Waals surface area contributed by atoms with Crippen molar-refractivity contribution in [2.45, 2.75) is 6.10 Å². The van der Waals surface area contributed by atoms with E-state index < -0.39 is 6.10 Å². The van der Waals surface area contributed by atoms with Crippen molar-refractivity contribution in [3.8, 4) is 0 Å². The number of likely N-dealkylation sites (N-methyl/N-ethyl adjacent to an activating group) is 1. The highest BCUT2D eigenvalue weighted by molar-refractivity contribution is 5.74. The lowest BCUT2D eigenvalue weighted by molar-refractivity contribution is 0.140. The first-order valence-corrected chi connectivity index (χ1v) is 3.98. The van der Waals surface area contributed by atoms with Crippen molar-refractivity contribution in [3.05, 3.63) is 18.1 Å². The highest BCUT2D eigenvalue weighted by atomic mass is 16.5. The molecule has 1 atom stereocenters. The van der Waals surface area contributed by atoms with E-state index in [4.69, 9.17) is 8.94 Å². The van der Waals surface area contributed by atoms with Crippen molar-refractivity contribution < 1.29 is 14.0 Å². The molecule has 5 heteroatoms. The van der Waals surface area contributed by atoms with Crippen LogP contribution in [0.4, 0.5) is 0 Å². The van der Waals surface area contributed by atoms with Gasteiger partial charge in [0.05, 0.1) is 6.26 Å². The van der Waals surface area contributed by atoms with Crippen molar-refractivity contribution in [1.82, 2.24) is 10.5 Å². The minimum Gasteiger partial charge on any atom is -0.459 e. The van der Waals surface area contributed by atoms with Crippen LogP contribution >= 0.6 is 0 Å². The summed E-state index contributed by atoms with van der Waals surface area (Å²) in [4.78, 5) is 0. The van der Waals surface area contributed by atoms with Crippen LogP contribution in [0.1, 0.15) is 11.9 Å². The molecule has 1 unspecified atom stereocenters. The summed E-state index contributed by atoms with van der Waals surface area (Å²) in [6.07, 6.45) is 0.795. The number of nitrogens with zero attached hydrogens (tertiary/aromatic N) is 1. The van der Waals surface area contributed by atoms with E-state index in [-0.39, 0.29) is 0 Å². The zero-order valence-electron chi connectivity index (χ0n) is 7.15. The van der Waals surface area contributed by atoms with Crippen LogP contribution in [0.5, 0.6) is 0 Å². The standard InChI is InChI=1S/C8H10N2O3/c1-9-4-6(11)8-7-5(10-13-8)2-3-12-7/h2-3,6,9,11H,4H2,1H3. The van der Waals surface area contributed by atoms with Crippen LogP contribution in [0.25, 0.3) is 11.1 Å². The maximum atomic E-state index is 9.57. The van der Waals surface area contributed by atoms with Gasteiger partial charge in [-0.2, -0.15) is 0 Å². The van der Waals surface area contributed by atoms with E-state index >= 15 is 0 Å². The van der Waals surface area contributed by atoms with Crippen LogP contribution in [0, 0.1) is 0 Å². The summed E-state index contributed by atoms with van der Waals surface area (Å²) >= 11 is 0. The van der Waals surface area contributed by atoms with Crippen molar-refractivity contribution in [3.63, 3.8) is 0 Å². The topological polar surface area (TPSA) is 71.4 Å². The molecule has 0 amide bonds. The second-order valence-corrected chi connectivity index (χ2v) is 2.76. The number of aromatic nitrogens is 1. The average molecular weight is 182 g/mol. The van der Waals surface area contributed by atoms with Gasteiger partial charge in [0.25, 0.3) is 0 Å². The lowest BCUT2D eigenvalue weighted by Gasteiger charge is -2.03. The Hall–Kier alpha value is -1.33. The van der Waals surface area contributed by atoms with Crippen molar-refractivity contribution in [2.75, 3.05) is 13.6 Å². The second-order valence-electron chi connectivity index (χ2n) is 2.76. The third-order valence-electron chi connectivity index (χ3n) is 1.81. The first-order valence-electron chi connectivity index (χ1n) is 3.98. The van der Waals surface area contributed by atoms with E-state index in [2.05, 4.69) is 10.5 Å². The Bertz CT molecular complexity index is 393. The van der Waals surface area contributed by atoms with Gasteiger partial charge in [0.15, 0.2) is 11.1 Å². The maximum Gasteiger partial charge on any atom is 0.209 e. The van der Waals surface area contributed by atoms with Crippen LogP contribution in [-0.2, 0) is 0 Å². The van der Waals surface area contributed by atoms with Gasteiger partial charge < -0.3 is 19.4 Å². The second kappa shape index (κ2) is 3.20. The number of hydrogen-bond donors (Lipinski definition) is 2. The number of nitrogens with one attached hydrogen (secondary N) is 1. The van der Waals surface area contributed by atoms with Gasteiger partial charge in [-0.15, -0.1) is 0 Å². The smallest absolute Gasteiger partial charge is 0.209 e. The molecular weight excluding hydrogens is 172 g/mol. The van der Waals surface area contributed by atoms with Gasteiger partial charge in [-0.3, -0.25) is 0 Å². The molecule has 0 saturated heterocycles. The largest absolute Gasteiger partial charge is 0.459 e. The number of hydrogen-bond acceptors (Lipinski definition) is 5. The average Bonchev–Trinajstić information content (AvgIpc) is 2.62. The maximum absolute atomic E-state index is 9.57. The third kappa shape index (κ3) is 1.32. The first kappa shape index (κ1) is 8.28. The fourth-order valence-electron chi connectivity index (χ4n) is 1.20. The molecule has 2 heterocycles. The van der Waals surface area contributed by atoms with E-state index in [1.54, 1.807) is 13.1 Å². The minimum absolute atomic E-state index is 0.370. The Balaban J connectivity index is 2.36. The predicted octanol–water partition coefficient (Wildman–Crippen LogP) is 0.674. The molecule has 0 saturated carbocycles. The molecule has 0 fully saturated rings. The molecule has 5 nitrogen and oxygen atoms in total. The Morgan fingerprint density at radius 3 is 3.31 bits per heavy atom. The van der Waals surface area contributed by atoms with E-state index in [0.29, 0.717) is 23.4 Å². The van der Waals surface area contributed by atoms with E-state index in [1.807, 2.05) is 0 Å². The molecule has 2 aromatic heterocycles. The van der Waals surface area contributed by atoms with E-state index in [1.165, 1.54) is 6.26 Å². The lowest BCUT2D eigenvalue weighted by Crippen LogP contribution is -2.16. The van der Waals surface area contributed by atoms with Gasteiger partial charge in [-0.05, 0) is 7.05 Å². The number of aliphatic hydroxyl groups is 1. The minimum atomic E-state index is -0.721. The molecule has 0 bridgehead atoms. The number of furan rings is 1. The monoisotopic (exact) mass is 182 g/mol. The SMILES string of the molecule is CNCC(O)c1onc2ccoc12. The van der Waals surface area contributed by atoms with Gasteiger partial charge in [-0.1, -0.05) is 5.16 Å². The molecule has 70 valence electrons.